The first-order chi connectivity index (χ1) is 9.36. The van der Waals surface area contributed by atoms with Crippen LogP contribution in [0.5, 0.6) is 5.75 Å². The summed E-state index contributed by atoms with van der Waals surface area (Å²) in [6.07, 6.45) is 4.28. The summed E-state index contributed by atoms with van der Waals surface area (Å²) in [7, 11) is 1.82. The SMILES string of the molecule is Cc1cc(OCCc2cnn(C)c2)ccc1[B-](F)(F)F.[K+]. The van der Waals surface area contributed by atoms with Gasteiger partial charge in [-0.05, 0) is 24.6 Å². The van der Waals surface area contributed by atoms with Gasteiger partial charge in [0, 0.05) is 19.7 Å². The number of aryl methyl sites for hydroxylation is 2. The second kappa shape index (κ2) is 7.82. The molecule has 0 saturated heterocycles. The van der Waals surface area contributed by atoms with Crippen LogP contribution in [0.2, 0.25) is 0 Å². The summed E-state index contributed by atoms with van der Waals surface area (Å²) >= 11 is 0. The number of hydrogen-bond acceptors (Lipinski definition) is 2. The Balaban J connectivity index is 0.00000220. The molecule has 1 heterocycles. The number of halogens is 3. The second-order valence-electron chi connectivity index (χ2n) is 4.71. The molecule has 8 heteroatoms. The zero-order valence-electron chi connectivity index (χ0n) is 12.3. The third-order valence-corrected chi connectivity index (χ3v) is 3.01. The Kier molecular flexibility index (Phi) is 6.99. The molecule has 0 saturated carbocycles. The van der Waals surface area contributed by atoms with E-state index in [1.165, 1.54) is 19.1 Å². The first kappa shape index (κ1) is 18.8. The maximum Gasteiger partial charge on any atom is 1.00 e. The van der Waals surface area contributed by atoms with E-state index in [0.29, 0.717) is 18.8 Å². The van der Waals surface area contributed by atoms with E-state index >= 15 is 0 Å². The van der Waals surface area contributed by atoms with Gasteiger partial charge in [0.2, 0.25) is 0 Å². The van der Waals surface area contributed by atoms with Crippen LogP contribution >= 0.6 is 0 Å². The predicted molar refractivity (Wildman–Crippen MR) is 72.3 cm³/mol. The van der Waals surface area contributed by atoms with Crippen LogP contribution in [0.3, 0.4) is 0 Å². The third kappa shape index (κ3) is 5.45. The quantitative estimate of drug-likeness (QED) is 0.688. The zero-order valence-corrected chi connectivity index (χ0v) is 15.4. The van der Waals surface area contributed by atoms with Crippen molar-refractivity contribution in [2.45, 2.75) is 13.3 Å². The number of aromatic nitrogens is 2. The van der Waals surface area contributed by atoms with Crippen LogP contribution in [0.15, 0.2) is 30.6 Å². The minimum atomic E-state index is -4.96. The van der Waals surface area contributed by atoms with Gasteiger partial charge in [-0.2, -0.15) is 5.10 Å². The van der Waals surface area contributed by atoms with E-state index < -0.39 is 12.4 Å². The van der Waals surface area contributed by atoms with Crippen molar-refractivity contribution in [3.63, 3.8) is 0 Å². The van der Waals surface area contributed by atoms with Gasteiger partial charge in [0.05, 0.1) is 12.8 Å². The van der Waals surface area contributed by atoms with Gasteiger partial charge in [-0.25, -0.2) is 0 Å². The molecule has 0 aliphatic carbocycles. The first-order valence-electron chi connectivity index (χ1n) is 6.27. The van der Waals surface area contributed by atoms with Crippen molar-refractivity contribution in [3.05, 3.63) is 41.7 Å². The van der Waals surface area contributed by atoms with Crippen molar-refractivity contribution in [3.8, 4) is 5.75 Å². The zero-order chi connectivity index (χ0) is 14.8. The average molecular weight is 322 g/mol. The molecule has 0 atom stereocenters. The van der Waals surface area contributed by atoms with Gasteiger partial charge in [0.25, 0.3) is 0 Å². The van der Waals surface area contributed by atoms with E-state index in [1.54, 1.807) is 10.9 Å². The fourth-order valence-electron chi connectivity index (χ4n) is 1.99. The molecule has 0 radical (unpaired) electrons. The molecule has 0 N–H and O–H groups in total. The van der Waals surface area contributed by atoms with Gasteiger partial charge in [-0.15, -0.1) is 5.46 Å². The molecule has 0 fully saturated rings. The van der Waals surface area contributed by atoms with Crippen LogP contribution in [0.1, 0.15) is 11.1 Å². The summed E-state index contributed by atoms with van der Waals surface area (Å²) in [6, 6.07) is 3.86. The van der Waals surface area contributed by atoms with Crippen molar-refractivity contribution in [2.75, 3.05) is 6.61 Å². The maximum absolute atomic E-state index is 12.7. The smallest absolute Gasteiger partial charge is 0.493 e. The molecule has 0 bridgehead atoms. The number of benzene rings is 1. The summed E-state index contributed by atoms with van der Waals surface area (Å²) in [5, 5.41) is 4.03. The Hall–Kier alpha value is -0.279. The summed E-state index contributed by atoms with van der Waals surface area (Å²) in [6.45, 7) is -3.12. The summed E-state index contributed by atoms with van der Waals surface area (Å²) in [4.78, 5) is 0. The summed E-state index contributed by atoms with van der Waals surface area (Å²) < 4.78 is 45.2. The monoisotopic (exact) mass is 322 g/mol. The molecule has 0 aliphatic heterocycles. The van der Waals surface area contributed by atoms with E-state index in [4.69, 9.17) is 4.74 Å². The van der Waals surface area contributed by atoms with E-state index in [9.17, 15) is 12.9 Å². The predicted octanol–water partition coefficient (Wildman–Crippen LogP) is -0.592. The molecule has 3 nitrogen and oxygen atoms in total. The van der Waals surface area contributed by atoms with Crippen LogP contribution in [-0.2, 0) is 13.5 Å². The molecule has 0 amide bonds. The fraction of sp³-hybridized carbons (Fsp3) is 0.308. The Morgan fingerprint density at radius 1 is 1.29 bits per heavy atom. The topological polar surface area (TPSA) is 27.1 Å². The molecular weight excluding hydrogens is 307 g/mol. The Labute approximate surface area is 164 Å². The van der Waals surface area contributed by atoms with E-state index in [1.807, 2.05) is 13.2 Å². The molecule has 108 valence electrons. The Morgan fingerprint density at radius 2 is 2.00 bits per heavy atom. The fourth-order valence-corrected chi connectivity index (χ4v) is 1.99. The summed E-state index contributed by atoms with van der Waals surface area (Å²) in [5.41, 5.74) is 0.653. The van der Waals surface area contributed by atoms with Crippen LogP contribution in [0.4, 0.5) is 12.9 Å². The van der Waals surface area contributed by atoms with E-state index in [0.717, 1.165) is 11.6 Å². The molecule has 2 rings (SSSR count). The van der Waals surface area contributed by atoms with Crippen LogP contribution in [0.25, 0.3) is 0 Å². The third-order valence-electron chi connectivity index (χ3n) is 3.01. The van der Waals surface area contributed by atoms with Crippen LogP contribution < -0.4 is 61.6 Å². The molecule has 21 heavy (non-hydrogen) atoms. The van der Waals surface area contributed by atoms with Crippen molar-refractivity contribution >= 4 is 12.4 Å². The van der Waals surface area contributed by atoms with Crippen molar-refractivity contribution < 1.29 is 69.1 Å². The van der Waals surface area contributed by atoms with E-state index in [2.05, 4.69) is 5.10 Å². The van der Waals surface area contributed by atoms with Crippen molar-refractivity contribution in [1.29, 1.82) is 0 Å². The van der Waals surface area contributed by atoms with Gasteiger partial charge in [-0.1, -0.05) is 11.6 Å². The molecule has 1 aromatic carbocycles. The number of rotatable bonds is 5. The number of ether oxygens (including phenoxy) is 1. The standard InChI is InChI=1S/C13H15BF3N2O.K/c1-10-7-12(3-4-13(10)14(15,16)17)20-6-5-11-8-18-19(2)9-11;/h3-4,7-9H,5-6H2,1-2H3;/q-1;+1. The molecule has 0 aliphatic rings. The summed E-state index contributed by atoms with van der Waals surface area (Å²) in [5.74, 6) is 0.454. The van der Waals surface area contributed by atoms with Gasteiger partial charge in [-0.3, -0.25) is 4.68 Å². The Morgan fingerprint density at radius 3 is 2.52 bits per heavy atom. The molecule has 0 unspecified atom stereocenters. The second-order valence-corrected chi connectivity index (χ2v) is 4.71. The van der Waals surface area contributed by atoms with Crippen LogP contribution in [-0.4, -0.2) is 23.4 Å². The van der Waals surface area contributed by atoms with Gasteiger partial charge in [0.1, 0.15) is 5.75 Å². The molecule has 1 aromatic heterocycles. The van der Waals surface area contributed by atoms with Gasteiger partial charge >= 0.3 is 58.4 Å². The minimum absolute atomic E-state index is 0. The van der Waals surface area contributed by atoms with Gasteiger partial charge < -0.3 is 17.7 Å². The van der Waals surface area contributed by atoms with Crippen molar-refractivity contribution in [1.82, 2.24) is 9.78 Å². The Bertz CT molecular complexity index is 601. The number of hydrogen-bond donors (Lipinski definition) is 0. The normalized spacial score (nSPS) is 11.1. The molecule has 2 aromatic rings. The van der Waals surface area contributed by atoms with Crippen LogP contribution in [0, 0.1) is 6.92 Å². The van der Waals surface area contributed by atoms with Crippen molar-refractivity contribution in [2.24, 2.45) is 7.05 Å². The van der Waals surface area contributed by atoms with E-state index in [-0.39, 0.29) is 56.9 Å². The molecule has 0 spiro atoms. The minimum Gasteiger partial charge on any atom is -0.493 e. The largest absolute Gasteiger partial charge is 1.00 e. The maximum atomic E-state index is 12.7. The van der Waals surface area contributed by atoms with Gasteiger partial charge in [0.15, 0.2) is 0 Å². The molecular formula is C13H15BF3KN2O. The average Bonchev–Trinajstić information content (AvgIpc) is 2.73. The first-order valence-corrected chi connectivity index (χ1v) is 6.27. The number of nitrogens with zero attached hydrogens (tertiary/aromatic N) is 2.